The van der Waals surface area contributed by atoms with Gasteiger partial charge in [-0.2, -0.15) is 0 Å². The summed E-state index contributed by atoms with van der Waals surface area (Å²) in [4.78, 5) is 35.6. The first-order chi connectivity index (χ1) is 8.18. The van der Waals surface area contributed by atoms with Crippen LogP contribution in [0.4, 0.5) is 0 Å². The fourth-order valence-corrected chi connectivity index (χ4v) is 3.55. The van der Waals surface area contributed by atoms with E-state index in [1.54, 1.807) is 0 Å². The Balaban J connectivity index is 1.98. The summed E-state index contributed by atoms with van der Waals surface area (Å²) in [5.74, 6) is -1.12. The molecule has 2 saturated carbocycles. The third-order valence-electron chi connectivity index (χ3n) is 4.45. The van der Waals surface area contributed by atoms with Crippen LogP contribution < -0.4 is 0 Å². The van der Waals surface area contributed by atoms with Gasteiger partial charge in [-0.15, -0.1) is 0 Å². The summed E-state index contributed by atoms with van der Waals surface area (Å²) in [5.41, 5.74) is 0.933. The van der Waals surface area contributed by atoms with E-state index in [1.165, 1.54) is 6.42 Å². The van der Waals surface area contributed by atoms with E-state index in [2.05, 4.69) is 6.08 Å². The molecule has 90 valence electrons. The van der Waals surface area contributed by atoms with Crippen molar-refractivity contribution in [3.8, 4) is 0 Å². The lowest BCUT2D eigenvalue weighted by molar-refractivity contribution is -0.145. The molecule has 3 nitrogen and oxygen atoms in total. The van der Waals surface area contributed by atoms with E-state index in [0.29, 0.717) is 18.8 Å². The number of carbonyl (C=O) groups excluding carboxylic acids is 3. The molecule has 0 spiro atoms. The first-order valence-corrected chi connectivity index (χ1v) is 6.50. The molecule has 0 aromatic rings. The van der Waals surface area contributed by atoms with Gasteiger partial charge in [0.1, 0.15) is 5.92 Å². The number of fused-ring (bicyclic) bond motifs is 2. The molecule has 0 bridgehead atoms. The summed E-state index contributed by atoms with van der Waals surface area (Å²) < 4.78 is 0. The molecule has 0 aliphatic heterocycles. The second-order valence-electron chi connectivity index (χ2n) is 5.42. The molecule has 0 aromatic heterocycles. The van der Waals surface area contributed by atoms with Gasteiger partial charge in [-0.3, -0.25) is 14.4 Å². The largest absolute Gasteiger partial charge is 0.298 e. The monoisotopic (exact) mass is 232 g/mol. The zero-order chi connectivity index (χ0) is 12.0. The van der Waals surface area contributed by atoms with Gasteiger partial charge in [-0.1, -0.05) is 24.5 Å². The molecular weight excluding hydrogens is 216 g/mol. The number of hydrogen-bond acceptors (Lipinski definition) is 3. The summed E-state index contributed by atoms with van der Waals surface area (Å²) in [6.07, 6.45) is 7.26. The number of hydrogen-bond donors (Lipinski definition) is 0. The SMILES string of the molecule is O=C1CCC2=CC3CCCCC3C(=O)C2C1=O. The molecule has 3 aliphatic carbocycles. The molecule has 0 amide bonds. The molecule has 0 aromatic carbocycles. The molecule has 3 rings (SSSR count). The average Bonchev–Trinajstić information content (AvgIpc) is 2.34. The third kappa shape index (κ3) is 1.60. The zero-order valence-electron chi connectivity index (χ0n) is 9.78. The smallest absolute Gasteiger partial charge is 0.212 e. The van der Waals surface area contributed by atoms with Gasteiger partial charge in [0.15, 0.2) is 11.6 Å². The molecular formula is C14H16O3. The Labute approximate surface area is 100 Å². The molecule has 3 aliphatic rings. The summed E-state index contributed by atoms with van der Waals surface area (Å²) in [7, 11) is 0. The molecule has 0 heterocycles. The van der Waals surface area contributed by atoms with E-state index < -0.39 is 11.7 Å². The summed E-state index contributed by atoms with van der Waals surface area (Å²) in [6.45, 7) is 0. The van der Waals surface area contributed by atoms with Gasteiger partial charge in [-0.25, -0.2) is 0 Å². The first-order valence-electron chi connectivity index (χ1n) is 6.50. The Morgan fingerprint density at radius 1 is 1.00 bits per heavy atom. The lowest BCUT2D eigenvalue weighted by Gasteiger charge is -2.37. The normalized spacial score (nSPS) is 37.3. The van der Waals surface area contributed by atoms with Gasteiger partial charge in [-0.05, 0) is 25.2 Å². The van der Waals surface area contributed by atoms with Crippen molar-refractivity contribution >= 4 is 17.3 Å². The Morgan fingerprint density at radius 3 is 2.59 bits per heavy atom. The maximum absolute atomic E-state index is 12.3. The van der Waals surface area contributed by atoms with Crippen LogP contribution in [0.25, 0.3) is 0 Å². The van der Waals surface area contributed by atoms with Crippen LogP contribution in [0.15, 0.2) is 11.6 Å². The Kier molecular flexibility index (Phi) is 2.49. The van der Waals surface area contributed by atoms with E-state index in [9.17, 15) is 14.4 Å². The maximum atomic E-state index is 12.3. The van der Waals surface area contributed by atoms with Crippen molar-refractivity contribution in [2.75, 3.05) is 0 Å². The van der Waals surface area contributed by atoms with Crippen LogP contribution >= 0.6 is 0 Å². The van der Waals surface area contributed by atoms with Crippen molar-refractivity contribution in [2.24, 2.45) is 17.8 Å². The van der Waals surface area contributed by atoms with Gasteiger partial charge in [0, 0.05) is 12.3 Å². The van der Waals surface area contributed by atoms with Crippen LogP contribution in [0.5, 0.6) is 0 Å². The number of ketones is 3. The highest BCUT2D eigenvalue weighted by molar-refractivity contribution is 6.43. The highest BCUT2D eigenvalue weighted by Crippen LogP contribution is 2.42. The average molecular weight is 232 g/mol. The number of carbonyl (C=O) groups is 3. The first kappa shape index (κ1) is 10.9. The molecule has 3 unspecified atom stereocenters. The van der Waals surface area contributed by atoms with E-state index in [0.717, 1.165) is 24.8 Å². The summed E-state index contributed by atoms with van der Waals surface area (Å²) in [6, 6.07) is 0. The van der Waals surface area contributed by atoms with Crippen molar-refractivity contribution in [1.29, 1.82) is 0 Å². The van der Waals surface area contributed by atoms with Crippen LogP contribution in [0.2, 0.25) is 0 Å². The van der Waals surface area contributed by atoms with Crippen LogP contribution in [-0.4, -0.2) is 17.3 Å². The van der Waals surface area contributed by atoms with E-state index >= 15 is 0 Å². The minimum absolute atomic E-state index is 0.00681. The fraction of sp³-hybridized carbons (Fsp3) is 0.643. The van der Waals surface area contributed by atoms with Crippen molar-refractivity contribution < 1.29 is 14.4 Å². The molecule has 3 heteroatoms. The Hall–Kier alpha value is -1.25. The van der Waals surface area contributed by atoms with Crippen LogP contribution in [-0.2, 0) is 14.4 Å². The molecule has 0 radical (unpaired) electrons. The number of rotatable bonds is 0. The minimum atomic E-state index is -0.699. The van der Waals surface area contributed by atoms with Gasteiger partial charge in [0.25, 0.3) is 0 Å². The van der Waals surface area contributed by atoms with E-state index in [1.807, 2.05) is 0 Å². The van der Waals surface area contributed by atoms with E-state index in [4.69, 9.17) is 0 Å². The molecule has 0 N–H and O–H groups in total. The number of allylic oxidation sites excluding steroid dienone is 2. The topological polar surface area (TPSA) is 51.2 Å². The van der Waals surface area contributed by atoms with Crippen molar-refractivity contribution in [3.63, 3.8) is 0 Å². The lowest BCUT2D eigenvalue weighted by atomic mass is 9.64. The molecule has 3 atom stereocenters. The fourth-order valence-electron chi connectivity index (χ4n) is 3.55. The van der Waals surface area contributed by atoms with Crippen LogP contribution in [0, 0.1) is 17.8 Å². The second-order valence-corrected chi connectivity index (χ2v) is 5.42. The van der Waals surface area contributed by atoms with Crippen molar-refractivity contribution in [1.82, 2.24) is 0 Å². The number of Topliss-reactive ketones (excluding diaryl/α,β-unsaturated/α-hetero) is 3. The van der Waals surface area contributed by atoms with Gasteiger partial charge >= 0.3 is 0 Å². The predicted octanol–water partition coefficient (Wildman–Crippen LogP) is 1.85. The summed E-state index contributed by atoms with van der Waals surface area (Å²) >= 11 is 0. The van der Waals surface area contributed by atoms with Crippen molar-refractivity contribution in [3.05, 3.63) is 11.6 Å². The predicted molar refractivity (Wildman–Crippen MR) is 61.3 cm³/mol. The van der Waals surface area contributed by atoms with Crippen LogP contribution in [0.1, 0.15) is 38.5 Å². The van der Waals surface area contributed by atoms with Crippen LogP contribution in [0.3, 0.4) is 0 Å². The molecule has 2 fully saturated rings. The third-order valence-corrected chi connectivity index (χ3v) is 4.45. The Morgan fingerprint density at radius 2 is 1.76 bits per heavy atom. The lowest BCUT2D eigenvalue weighted by Crippen LogP contribution is -2.44. The van der Waals surface area contributed by atoms with Crippen molar-refractivity contribution in [2.45, 2.75) is 38.5 Å². The van der Waals surface area contributed by atoms with Gasteiger partial charge < -0.3 is 0 Å². The second kappa shape index (κ2) is 3.90. The highest BCUT2D eigenvalue weighted by atomic mass is 16.2. The molecule has 17 heavy (non-hydrogen) atoms. The maximum Gasteiger partial charge on any atom is 0.212 e. The zero-order valence-corrected chi connectivity index (χ0v) is 9.78. The highest BCUT2D eigenvalue weighted by Gasteiger charge is 2.46. The quantitative estimate of drug-likeness (QED) is 0.364. The van der Waals surface area contributed by atoms with Gasteiger partial charge in [0.05, 0.1) is 0 Å². The minimum Gasteiger partial charge on any atom is -0.298 e. The van der Waals surface area contributed by atoms with E-state index in [-0.39, 0.29) is 17.5 Å². The molecule has 0 saturated heterocycles. The summed E-state index contributed by atoms with van der Waals surface area (Å²) in [5, 5.41) is 0. The standard InChI is InChI=1S/C14H16O3/c15-11-6-5-9-7-8-3-1-2-4-10(8)13(16)12(9)14(11)17/h7-8,10,12H,1-6H2. The van der Waals surface area contributed by atoms with Gasteiger partial charge in [0.2, 0.25) is 5.78 Å². The Bertz CT molecular complexity index is 433.